The number of nitrogens with zero attached hydrogens (tertiary/aromatic N) is 2. The Kier molecular flexibility index (Phi) is 3.41. The zero-order valence-electron chi connectivity index (χ0n) is 9.35. The van der Waals surface area contributed by atoms with Gasteiger partial charge in [0.05, 0.1) is 5.52 Å². The number of aromatic nitrogens is 2. The van der Waals surface area contributed by atoms with Crippen LogP contribution in [0.1, 0.15) is 0 Å². The van der Waals surface area contributed by atoms with E-state index in [1.165, 1.54) is 5.39 Å². The molecule has 0 saturated carbocycles. The molecule has 1 radical (unpaired) electrons. The molecule has 1 aromatic heterocycles. The Morgan fingerprint density at radius 2 is 1.82 bits per heavy atom. The summed E-state index contributed by atoms with van der Waals surface area (Å²) in [4.78, 5) is 0. The monoisotopic (exact) mass is 400 g/mol. The Labute approximate surface area is 114 Å². The van der Waals surface area contributed by atoms with Gasteiger partial charge in [-0.05, 0) is 11.5 Å². The van der Waals surface area contributed by atoms with Crippen LogP contribution in [-0.4, -0.2) is 9.78 Å². The van der Waals surface area contributed by atoms with E-state index in [-0.39, 0.29) is 20.1 Å². The molecule has 0 fully saturated rings. The third-order valence-electron chi connectivity index (χ3n) is 2.72. The van der Waals surface area contributed by atoms with Gasteiger partial charge >= 0.3 is 0 Å². The number of rotatable bonds is 1. The van der Waals surface area contributed by atoms with Crippen molar-refractivity contribution in [3.8, 4) is 11.3 Å². The number of aryl methyl sites for hydroxylation is 1. The summed E-state index contributed by atoms with van der Waals surface area (Å²) >= 11 is 0. The number of hydrogen-bond donors (Lipinski definition) is 0. The van der Waals surface area contributed by atoms with Crippen molar-refractivity contribution in [3.63, 3.8) is 0 Å². The van der Waals surface area contributed by atoms with E-state index in [4.69, 9.17) is 0 Å². The van der Waals surface area contributed by atoms with Gasteiger partial charge in [-0.3, -0.25) is 4.68 Å². The molecule has 2 nitrogen and oxygen atoms in total. The molecular weight excluding hydrogens is 388 g/mol. The second kappa shape index (κ2) is 4.82. The predicted octanol–water partition coefficient (Wildman–Crippen LogP) is 3.04. The fraction of sp³-hybridized carbons (Fsp3) is 0.0714. The van der Waals surface area contributed by atoms with Gasteiger partial charge in [-0.1, -0.05) is 18.2 Å². The van der Waals surface area contributed by atoms with Gasteiger partial charge in [0.25, 0.3) is 0 Å². The first-order valence-electron chi connectivity index (χ1n) is 5.25. The average Bonchev–Trinajstić information content (AvgIpc) is 2.69. The molecule has 17 heavy (non-hydrogen) atoms. The maximum atomic E-state index is 4.55. The van der Waals surface area contributed by atoms with Gasteiger partial charge in [0.1, 0.15) is 0 Å². The van der Waals surface area contributed by atoms with Crippen molar-refractivity contribution >= 4 is 10.9 Å². The van der Waals surface area contributed by atoms with Gasteiger partial charge in [0, 0.05) is 32.8 Å². The molecule has 0 atom stereocenters. The topological polar surface area (TPSA) is 17.8 Å². The smallest absolute Gasteiger partial charge is 0.0583 e. The van der Waals surface area contributed by atoms with Crippen LogP contribution in [0.3, 0.4) is 0 Å². The molecule has 3 aromatic rings. The first-order valence-corrected chi connectivity index (χ1v) is 5.25. The van der Waals surface area contributed by atoms with Crippen molar-refractivity contribution < 1.29 is 20.1 Å². The van der Waals surface area contributed by atoms with E-state index in [2.05, 4.69) is 23.3 Å². The van der Waals surface area contributed by atoms with Crippen LogP contribution in [0.25, 0.3) is 22.2 Å². The van der Waals surface area contributed by atoms with Crippen LogP contribution in [0.4, 0.5) is 0 Å². The fourth-order valence-electron chi connectivity index (χ4n) is 1.95. The van der Waals surface area contributed by atoms with E-state index in [1.54, 1.807) is 0 Å². The maximum Gasteiger partial charge on any atom is 0.0583 e. The molecule has 87 valence electrons. The molecule has 1 heterocycles. The van der Waals surface area contributed by atoms with Crippen molar-refractivity contribution in [1.29, 1.82) is 0 Å². The summed E-state index contributed by atoms with van der Waals surface area (Å²) in [6, 6.07) is 19.4. The summed E-state index contributed by atoms with van der Waals surface area (Å²) in [6.07, 6.45) is 0. The summed E-state index contributed by atoms with van der Waals surface area (Å²) < 4.78 is 1.91. The molecule has 0 N–H and O–H groups in total. The molecule has 0 unspecified atom stereocenters. The van der Waals surface area contributed by atoms with Crippen molar-refractivity contribution in [2.24, 2.45) is 7.05 Å². The molecular formula is C14H11IrN2-. The summed E-state index contributed by atoms with van der Waals surface area (Å²) in [5.74, 6) is 0. The zero-order chi connectivity index (χ0) is 11.0. The number of para-hydroxylation sites is 1. The van der Waals surface area contributed by atoms with Gasteiger partial charge in [-0.2, -0.15) is 0 Å². The van der Waals surface area contributed by atoms with Crippen LogP contribution in [-0.2, 0) is 27.2 Å². The molecule has 0 amide bonds. The van der Waals surface area contributed by atoms with Crippen molar-refractivity contribution in [3.05, 3.63) is 54.6 Å². The normalized spacial score (nSPS) is 10.2. The zero-order valence-corrected chi connectivity index (χ0v) is 11.7. The van der Waals surface area contributed by atoms with E-state index in [0.717, 1.165) is 16.8 Å². The first kappa shape index (κ1) is 12.0. The van der Waals surface area contributed by atoms with Gasteiger partial charge in [0.2, 0.25) is 0 Å². The van der Waals surface area contributed by atoms with Crippen molar-refractivity contribution in [2.45, 2.75) is 0 Å². The number of benzene rings is 2. The molecule has 0 spiro atoms. The molecule has 0 saturated heterocycles. The Morgan fingerprint density at radius 3 is 2.59 bits per heavy atom. The molecule has 0 bridgehead atoms. The fourth-order valence-corrected chi connectivity index (χ4v) is 1.95. The maximum absolute atomic E-state index is 4.55. The largest absolute Gasteiger partial charge is 0.277 e. The first-order chi connectivity index (χ1) is 7.86. The summed E-state index contributed by atoms with van der Waals surface area (Å²) in [5, 5.41) is 5.72. The molecule has 0 aliphatic heterocycles. The molecule has 2 aromatic carbocycles. The van der Waals surface area contributed by atoms with Crippen LogP contribution in [0.5, 0.6) is 0 Å². The molecule has 0 aliphatic rings. The summed E-state index contributed by atoms with van der Waals surface area (Å²) in [7, 11) is 1.97. The van der Waals surface area contributed by atoms with E-state index in [0.29, 0.717) is 0 Å². The quantitative estimate of drug-likeness (QED) is 0.575. The third kappa shape index (κ3) is 2.04. The summed E-state index contributed by atoms with van der Waals surface area (Å²) in [5.41, 5.74) is 3.19. The van der Waals surface area contributed by atoms with E-state index < -0.39 is 0 Å². The predicted molar refractivity (Wildman–Crippen MR) is 65.0 cm³/mol. The third-order valence-corrected chi connectivity index (χ3v) is 2.72. The SMILES string of the molecule is Cn1nc(-c2[c-]cccc2)c2ccccc21.[Ir]. The van der Waals surface area contributed by atoms with E-state index >= 15 is 0 Å². The van der Waals surface area contributed by atoms with Crippen LogP contribution < -0.4 is 0 Å². The minimum Gasteiger partial charge on any atom is -0.277 e. The molecule has 3 heteroatoms. The van der Waals surface area contributed by atoms with Gasteiger partial charge < -0.3 is 0 Å². The van der Waals surface area contributed by atoms with Crippen LogP contribution in [0.15, 0.2) is 48.5 Å². The second-order valence-electron chi connectivity index (χ2n) is 3.77. The van der Waals surface area contributed by atoms with Gasteiger partial charge in [-0.15, -0.1) is 35.9 Å². The number of fused-ring (bicyclic) bond motifs is 1. The molecule has 3 rings (SSSR count). The minimum atomic E-state index is 0. The standard InChI is InChI=1S/C14H11N2.Ir/c1-16-13-10-6-5-9-12(13)14(15-16)11-7-3-2-4-8-11;/h2-7,9-10H,1H3;/q-1;. The Hall–Kier alpha value is -1.44. The Bertz CT molecular complexity index is 629. The average molecular weight is 399 g/mol. The Morgan fingerprint density at radius 1 is 1.06 bits per heavy atom. The van der Waals surface area contributed by atoms with E-state index in [1.807, 2.05) is 48.1 Å². The minimum absolute atomic E-state index is 0. The molecule has 0 aliphatic carbocycles. The van der Waals surface area contributed by atoms with Gasteiger partial charge in [0.15, 0.2) is 0 Å². The second-order valence-corrected chi connectivity index (χ2v) is 3.77. The van der Waals surface area contributed by atoms with Crippen LogP contribution >= 0.6 is 0 Å². The van der Waals surface area contributed by atoms with Crippen LogP contribution in [0, 0.1) is 6.07 Å². The van der Waals surface area contributed by atoms with E-state index in [9.17, 15) is 0 Å². The summed E-state index contributed by atoms with van der Waals surface area (Å²) in [6.45, 7) is 0. The van der Waals surface area contributed by atoms with Crippen molar-refractivity contribution in [2.75, 3.05) is 0 Å². The van der Waals surface area contributed by atoms with Crippen molar-refractivity contribution in [1.82, 2.24) is 9.78 Å². The Balaban J connectivity index is 0.00000108. The van der Waals surface area contributed by atoms with Crippen LogP contribution in [0.2, 0.25) is 0 Å². The van der Waals surface area contributed by atoms with Gasteiger partial charge in [-0.25, -0.2) is 5.10 Å². The number of hydrogen-bond acceptors (Lipinski definition) is 1.